The Morgan fingerprint density at radius 3 is 2.50 bits per heavy atom. The Morgan fingerprint density at radius 2 is 1.75 bits per heavy atom. The van der Waals surface area contributed by atoms with Crippen LogP contribution in [0.1, 0.15) is 36.8 Å². The first-order valence-electron chi connectivity index (χ1n) is 10.8. The predicted octanol–water partition coefficient (Wildman–Crippen LogP) is 3.72. The van der Waals surface area contributed by atoms with Gasteiger partial charge < -0.3 is 21.1 Å². The van der Waals surface area contributed by atoms with Crippen molar-refractivity contribution in [2.24, 2.45) is 22.4 Å². The molecule has 0 bridgehead atoms. The number of ether oxygens (including phenoxy) is 1. The van der Waals surface area contributed by atoms with Gasteiger partial charge in [-0.25, -0.2) is 4.99 Å². The SMILES string of the molecule is NC1=NC(N)(C2CCC(NCCc3ccccc3OC(F)(F)F)CC2)Nc2ccccc21. The number of para-hydroxylation sites is 2. The molecule has 9 heteroatoms. The monoisotopic (exact) mass is 447 g/mol. The van der Waals surface area contributed by atoms with Gasteiger partial charge >= 0.3 is 6.36 Å². The standard InChI is InChI=1S/C23H28F3N5O/c24-23(25,26)32-20-8-4-1-5-15(20)13-14-29-17-11-9-16(10-12-17)22(28)30-19-7-3-2-6-18(19)21(27)31-22/h1-8,16-17,29-30H,9-14,28H2,(H2,27,31). The normalized spacial score (nSPS) is 25.4. The minimum atomic E-state index is -4.69. The van der Waals surface area contributed by atoms with Crippen molar-refractivity contribution in [3.05, 3.63) is 59.7 Å². The Balaban J connectivity index is 1.29. The Hall–Kier alpha value is -2.78. The van der Waals surface area contributed by atoms with Crippen molar-refractivity contribution in [3.8, 4) is 5.75 Å². The maximum atomic E-state index is 12.6. The number of rotatable bonds is 6. The van der Waals surface area contributed by atoms with Gasteiger partial charge in [0, 0.05) is 23.2 Å². The molecule has 0 saturated heterocycles. The fourth-order valence-electron chi connectivity index (χ4n) is 4.60. The molecule has 0 amide bonds. The lowest BCUT2D eigenvalue weighted by molar-refractivity contribution is -0.274. The van der Waals surface area contributed by atoms with Crippen molar-refractivity contribution in [2.45, 2.75) is 50.3 Å². The van der Waals surface area contributed by atoms with Crippen LogP contribution in [-0.2, 0) is 6.42 Å². The van der Waals surface area contributed by atoms with Gasteiger partial charge in [0.05, 0.1) is 0 Å². The molecule has 1 aliphatic carbocycles. The molecule has 6 N–H and O–H groups in total. The molecule has 4 rings (SSSR count). The molecule has 1 saturated carbocycles. The summed E-state index contributed by atoms with van der Waals surface area (Å²) in [5.74, 6) is -0.498. The van der Waals surface area contributed by atoms with E-state index in [1.54, 1.807) is 12.1 Å². The fourth-order valence-corrected chi connectivity index (χ4v) is 4.60. The maximum Gasteiger partial charge on any atom is 0.573 e. The predicted molar refractivity (Wildman–Crippen MR) is 118 cm³/mol. The molecule has 1 fully saturated rings. The van der Waals surface area contributed by atoms with Gasteiger partial charge in [0.2, 0.25) is 0 Å². The highest BCUT2D eigenvalue weighted by atomic mass is 19.4. The second-order valence-electron chi connectivity index (χ2n) is 8.40. The van der Waals surface area contributed by atoms with Gasteiger partial charge in [-0.1, -0.05) is 30.3 Å². The molecule has 2 aliphatic rings. The van der Waals surface area contributed by atoms with E-state index in [0.717, 1.165) is 36.9 Å². The molecular formula is C23H28F3N5O. The zero-order valence-corrected chi connectivity index (χ0v) is 17.7. The number of halogens is 3. The van der Waals surface area contributed by atoms with E-state index < -0.39 is 12.1 Å². The van der Waals surface area contributed by atoms with Crippen LogP contribution in [0.3, 0.4) is 0 Å². The topological polar surface area (TPSA) is 97.7 Å². The minimum Gasteiger partial charge on any atom is -0.406 e. The van der Waals surface area contributed by atoms with Crippen molar-refractivity contribution in [2.75, 3.05) is 11.9 Å². The third-order valence-electron chi connectivity index (χ3n) is 6.22. The summed E-state index contributed by atoms with van der Waals surface area (Å²) >= 11 is 0. The largest absolute Gasteiger partial charge is 0.573 e. The van der Waals surface area contributed by atoms with Crippen molar-refractivity contribution >= 4 is 11.5 Å². The molecule has 0 aromatic heterocycles. The molecule has 1 atom stereocenters. The van der Waals surface area contributed by atoms with Crippen LogP contribution >= 0.6 is 0 Å². The number of benzene rings is 2. The summed E-state index contributed by atoms with van der Waals surface area (Å²) in [5.41, 5.74) is 15.1. The highest BCUT2D eigenvalue weighted by Gasteiger charge is 2.40. The number of anilines is 1. The number of nitrogens with one attached hydrogen (secondary N) is 2. The van der Waals surface area contributed by atoms with Crippen LogP contribution in [0.5, 0.6) is 5.75 Å². The van der Waals surface area contributed by atoms with Crippen molar-refractivity contribution in [3.63, 3.8) is 0 Å². The van der Waals surface area contributed by atoms with E-state index in [1.165, 1.54) is 12.1 Å². The van der Waals surface area contributed by atoms with Crippen molar-refractivity contribution in [1.82, 2.24) is 5.32 Å². The summed E-state index contributed by atoms with van der Waals surface area (Å²) in [6, 6.07) is 14.2. The molecule has 172 valence electrons. The van der Waals surface area contributed by atoms with Gasteiger partial charge in [-0.15, -0.1) is 13.2 Å². The highest BCUT2D eigenvalue weighted by molar-refractivity contribution is 6.04. The lowest BCUT2D eigenvalue weighted by atomic mass is 9.81. The Labute approximate surface area is 185 Å². The van der Waals surface area contributed by atoms with Gasteiger partial charge in [0.15, 0.2) is 5.79 Å². The zero-order chi connectivity index (χ0) is 22.8. The second kappa shape index (κ2) is 8.99. The lowest BCUT2D eigenvalue weighted by Crippen LogP contribution is -2.57. The van der Waals surface area contributed by atoms with Crippen molar-refractivity contribution < 1.29 is 17.9 Å². The van der Waals surface area contributed by atoms with Crippen LogP contribution in [0.4, 0.5) is 18.9 Å². The molecule has 2 aromatic carbocycles. The Bertz CT molecular complexity index is 972. The van der Waals surface area contributed by atoms with Crippen LogP contribution in [0.2, 0.25) is 0 Å². The Morgan fingerprint density at radius 1 is 1.06 bits per heavy atom. The molecule has 1 unspecified atom stereocenters. The second-order valence-corrected chi connectivity index (χ2v) is 8.40. The van der Waals surface area contributed by atoms with Gasteiger partial charge in [-0.05, 0) is 62.4 Å². The quantitative estimate of drug-likeness (QED) is 0.541. The molecule has 32 heavy (non-hydrogen) atoms. The molecule has 0 spiro atoms. The summed E-state index contributed by atoms with van der Waals surface area (Å²) in [6.45, 7) is 0.568. The van der Waals surface area contributed by atoms with E-state index in [4.69, 9.17) is 11.5 Å². The average molecular weight is 448 g/mol. The van der Waals surface area contributed by atoms with Gasteiger partial charge in [-0.3, -0.25) is 5.73 Å². The van der Waals surface area contributed by atoms with Gasteiger partial charge in [0.25, 0.3) is 0 Å². The van der Waals surface area contributed by atoms with Crippen LogP contribution in [0.15, 0.2) is 53.5 Å². The molecule has 2 aromatic rings. The molecular weight excluding hydrogens is 419 g/mol. The zero-order valence-electron chi connectivity index (χ0n) is 17.7. The van der Waals surface area contributed by atoms with E-state index in [-0.39, 0.29) is 17.7 Å². The number of fused-ring (bicyclic) bond motifs is 1. The van der Waals surface area contributed by atoms with Crippen LogP contribution in [0, 0.1) is 5.92 Å². The van der Waals surface area contributed by atoms with Crippen LogP contribution in [0.25, 0.3) is 0 Å². The number of nitrogens with zero attached hydrogens (tertiary/aromatic N) is 1. The fraction of sp³-hybridized carbons (Fsp3) is 0.435. The third-order valence-corrected chi connectivity index (χ3v) is 6.22. The number of nitrogens with two attached hydrogens (primary N) is 2. The van der Waals surface area contributed by atoms with E-state index in [1.807, 2.05) is 24.3 Å². The van der Waals surface area contributed by atoms with Crippen LogP contribution < -0.4 is 26.8 Å². The number of alkyl halides is 3. The summed E-state index contributed by atoms with van der Waals surface area (Å²) < 4.78 is 41.9. The smallest absolute Gasteiger partial charge is 0.406 e. The molecule has 6 nitrogen and oxygen atoms in total. The minimum absolute atomic E-state index is 0.133. The van der Waals surface area contributed by atoms with E-state index >= 15 is 0 Å². The van der Waals surface area contributed by atoms with E-state index in [2.05, 4.69) is 20.4 Å². The third kappa shape index (κ3) is 5.16. The summed E-state index contributed by atoms with van der Waals surface area (Å²) in [5, 5.41) is 6.82. The maximum absolute atomic E-state index is 12.6. The summed E-state index contributed by atoms with van der Waals surface area (Å²) in [7, 11) is 0. The number of amidine groups is 1. The lowest BCUT2D eigenvalue weighted by Gasteiger charge is -2.42. The number of aliphatic imine (C=N–C) groups is 1. The van der Waals surface area contributed by atoms with Gasteiger partial charge in [0.1, 0.15) is 11.6 Å². The summed E-state index contributed by atoms with van der Waals surface area (Å²) in [4.78, 5) is 4.58. The molecule has 1 heterocycles. The average Bonchev–Trinajstić information content (AvgIpc) is 2.74. The molecule has 0 radical (unpaired) electrons. The van der Waals surface area contributed by atoms with Crippen LogP contribution in [-0.4, -0.2) is 30.6 Å². The van der Waals surface area contributed by atoms with Crippen molar-refractivity contribution in [1.29, 1.82) is 0 Å². The number of hydrogen-bond acceptors (Lipinski definition) is 6. The van der Waals surface area contributed by atoms with Gasteiger partial charge in [-0.2, -0.15) is 0 Å². The Kier molecular flexibility index (Phi) is 6.30. The number of hydrogen-bond donors (Lipinski definition) is 4. The first kappa shape index (κ1) is 22.4. The van der Waals surface area contributed by atoms with E-state index in [9.17, 15) is 13.2 Å². The first-order chi connectivity index (χ1) is 15.2. The highest BCUT2D eigenvalue weighted by Crippen LogP contribution is 2.36. The molecule has 1 aliphatic heterocycles. The first-order valence-corrected chi connectivity index (χ1v) is 10.8. The van der Waals surface area contributed by atoms with E-state index in [0.29, 0.717) is 24.4 Å². The summed E-state index contributed by atoms with van der Waals surface area (Å²) in [6.07, 6.45) is -0.695.